The fourth-order valence-electron chi connectivity index (χ4n) is 5.37. The van der Waals surface area contributed by atoms with Crippen LogP contribution in [0.15, 0.2) is 24.3 Å². The maximum atomic E-state index is 13.6. The van der Waals surface area contributed by atoms with Crippen LogP contribution in [0.3, 0.4) is 0 Å². The second-order valence-electron chi connectivity index (χ2n) is 9.48. The van der Waals surface area contributed by atoms with Gasteiger partial charge in [-0.05, 0) is 38.5 Å². The number of ketones is 1. The third-order valence-electron chi connectivity index (χ3n) is 7.04. The normalized spacial score (nSPS) is 41.6. The summed E-state index contributed by atoms with van der Waals surface area (Å²) in [5.74, 6) is -0.572. The average Bonchev–Trinajstić information content (AvgIpc) is 3.11. The molecule has 0 aromatic heterocycles. The first kappa shape index (κ1) is 21.7. The molecule has 28 heavy (non-hydrogen) atoms. The van der Waals surface area contributed by atoms with Gasteiger partial charge in [0.15, 0.2) is 11.6 Å². The number of allylic oxidation sites excluding steroid dienone is 2. The summed E-state index contributed by atoms with van der Waals surface area (Å²) in [4.78, 5) is 13.6. The molecule has 1 aliphatic heterocycles. The minimum Gasteiger partial charge on any atom is -0.359 e. The molecule has 0 spiro atoms. The molecule has 2 aliphatic carbocycles. The highest BCUT2D eigenvalue weighted by atomic mass is 16.8. The molecular weight excluding hydrogens is 356 g/mol. The topological polar surface area (TPSA) is 54.0 Å². The Bertz CT molecular complexity index is 635. The van der Waals surface area contributed by atoms with Gasteiger partial charge in [-0.3, -0.25) is 4.79 Å². The van der Waals surface area contributed by atoms with Crippen LogP contribution < -0.4 is 0 Å². The van der Waals surface area contributed by atoms with Gasteiger partial charge in [0.2, 0.25) is 0 Å². The number of Topliss-reactive ketones (excluding diaryl/α,β-unsaturated/α-hetero) is 1. The van der Waals surface area contributed by atoms with Gasteiger partial charge in [-0.1, -0.05) is 38.5 Å². The highest BCUT2D eigenvalue weighted by molar-refractivity contribution is 5.86. The Hall–Kier alpha value is -1.01. The molecule has 1 saturated heterocycles. The maximum absolute atomic E-state index is 13.6. The number of hydrogen-bond acceptors (Lipinski definition) is 5. The zero-order valence-electron chi connectivity index (χ0n) is 18.2. The lowest BCUT2D eigenvalue weighted by Gasteiger charge is -2.35. The molecule has 5 heteroatoms. The van der Waals surface area contributed by atoms with E-state index in [9.17, 15) is 4.79 Å². The molecule has 0 radical (unpaired) electrons. The summed E-state index contributed by atoms with van der Waals surface area (Å²) in [7, 11) is 1.59. The molecule has 0 N–H and O–H groups in total. The fraction of sp³-hybridized carbons (Fsp3) is 0.783. The van der Waals surface area contributed by atoms with Crippen LogP contribution in [0.2, 0.25) is 0 Å². The molecule has 2 bridgehead atoms. The summed E-state index contributed by atoms with van der Waals surface area (Å²) in [5, 5.41) is 0. The third kappa shape index (κ3) is 3.87. The Balaban J connectivity index is 1.98. The Labute approximate surface area is 169 Å². The lowest BCUT2D eigenvalue weighted by Crippen LogP contribution is -2.45. The van der Waals surface area contributed by atoms with Crippen molar-refractivity contribution in [3.05, 3.63) is 24.3 Å². The first-order valence-corrected chi connectivity index (χ1v) is 10.4. The lowest BCUT2D eigenvalue weighted by atomic mass is 9.73. The predicted molar refractivity (Wildman–Crippen MR) is 108 cm³/mol. The van der Waals surface area contributed by atoms with Gasteiger partial charge in [-0.25, -0.2) is 0 Å². The van der Waals surface area contributed by atoms with Crippen molar-refractivity contribution in [3.8, 4) is 0 Å². The average molecular weight is 393 g/mol. The molecule has 1 heterocycles. The van der Waals surface area contributed by atoms with E-state index in [1.807, 2.05) is 20.8 Å². The molecule has 0 aromatic rings. The van der Waals surface area contributed by atoms with Crippen molar-refractivity contribution in [2.45, 2.75) is 78.0 Å². The summed E-state index contributed by atoms with van der Waals surface area (Å²) in [6, 6.07) is 0. The molecule has 158 valence electrons. The number of hydrogen-bond donors (Lipinski definition) is 0. The van der Waals surface area contributed by atoms with Gasteiger partial charge in [0, 0.05) is 24.9 Å². The molecule has 0 aromatic carbocycles. The van der Waals surface area contributed by atoms with Crippen LogP contribution in [-0.4, -0.2) is 43.8 Å². The number of methoxy groups -OCH3 is 1. The van der Waals surface area contributed by atoms with Crippen LogP contribution in [0.25, 0.3) is 0 Å². The van der Waals surface area contributed by atoms with Crippen molar-refractivity contribution < 1.29 is 23.7 Å². The van der Waals surface area contributed by atoms with E-state index >= 15 is 0 Å². The minimum atomic E-state index is -0.678. The summed E-state index contributed by atoms with van der Waals surface area (Å²) < 4.78 is 23.4. The maximum Gasteiger partial charge on any atom is 0.165 e. The Morgan fingerprint density at radius 3 is 2.64 bits per heavy atom. The van der Waals surface area contributed by atoms with Gasteiger partial charge < -0.3 is 18.9 Å². The highest BCUT2D eigenvalue weighted by Gasteiger charge is 2.51. The van der Waals surface area contributed by atoms with Gasteiger partial charge in [-0.15, -0.1) is 6.58 Å². The summed E-state index contributed by atoms with van der Waals surface area (Å²) in [5.41, 5.74) is 1.36. The molecule has 0 unspecified atom stereocenters. The standard InChI is InChI=1S/C23H36O5/c1-8-18-20(28-23(5,6)27-18)16-11-9-15-10-12-17(22(15,3)4)21(26-13-25-7)19(24)14(16)2/h8-9,14,16-18,20-21H,1,10-13H2,2-7H3/b15-9-/t14-,16+,17-,18-,20+,21-/m1/s1. The van der Waals surface area contributed by atoms with Gasteiger partial charge in [-0.2, -0.15) is 0 Å². The van der Waals surface area contributed by atoms with E-state index in [-0.39, 0.29) is 48.0 Å². The summed E-state index contributed by atoms with van der Waals surface area (Å²) in [6.45, 7) is 14.4. The Kier molecular flexibility index (Phi) is 6.21. The molecule has 3 rings (SSSR count). The van der Waals surface area contributed by atoms with E-state index in [2.05, 4.69) is 26.5 Å². The first-order valence-electron chi connectivity index (χ1n) is 10.4. The minimum absolute atomic E-state index is 0.00794. The first-order chi connectivity index (χ1) is 13.1. The third-order valence-corrected chi connectivity index (χ3v) is 7.04. The zero-order chi connectivity index (χ0) is 20.7. The van der Waals surface area contributed by atoms with E-state index < -0.39 is 11.9 Å². The fourth-order valence-corrected chi connectivity index (χ4v) is 5.37. The quantitative estimate of drug-likeness (QED) is 0.517. The molecular formula is C23H36O5. The molecule has 6 atom stereocenters. The smallest absolute Gasteiger partial charge is 0.165 e. The van der Waals surface area contributed by atoms with E-state index in [0.717, 1.165) is 19.3 Å². The largest absolute Gasteiger partial charge is 0.359 e. The predicted octanol–water partition coefficient (Wildman–Crippen LogP) is 4.27. The van der Waals surface area contributed by atoms with Crippen LogP contribution in [0.4, 0.5) is 0 Å². The van der Waals surface area contributed by atoms with E-state index in [1.54, 1.807) is 13.2 Å². The number of carbonyl (C=O) groups excluding carboxylic acids is 1. The van der Waals surface area contributed by atoms with Crippen molar-refractivity contribution in [2.24, 2.45) is 23.2 Å². The SMILES string of the molecule is C=C[C@H]1OC(C)(C)O[C@H]1[C@H]1C/C=C2/CC[C@H]([C@@H](OCOC)C(=O)[C@@H]1C)C2(C)C. The number of ether oxygens (including phenoxy) is 4. The van der Waals surface area contributed by atoms with Gasteiger partial charge in [0.1, 0.15) is 19.0 Å². The van der Waals surface area contributed by atoms with Gasteiger partial charge in [0.05, 0.1) is 6.10 Å². The number of fused-ring (bicyclic) bond motifs is 2. The highest BCUT2D eigenvalue weighted by Crippen LogP contribution is 2.52. The second-order valence-corrected chi connectivity index (χ2v) is 9.48. The van der Waals surface area contributed by atoms with Crippen molar-refractivity contribution in [3.63, 3.8) is 0 Å². The van der Waals surface area contributed by atoms with E-state index in [0.29, 0.717) is 0 Å². The van der Waals surface area contributed by atoms with Crippen molar-refractivity contribution in [2.75, 3.05) is 13.9 Å². The second kappa shape index (κ2) is 8.02. The Morgan fingerprint density at radius 1 is 1.29 bits per heavy atom. The van der Waals surface area contributed by atoms with Crippen molar-refractivity contribution in [1.82, 2.24) is 0 Å². The monoisotopic (exact) mass is 392 g/mol. The van der Waals surface area contributed by atoms with Gasteiger partial charge >= 0.3 is 0 Å². The van der Waals surface area contributed by atoms with E-state index in [1.165, 1.54) is 5.57 Å². The van der Waals surface area contributed by atoms with Crippen LogP contribution in [0.5, 0.6) is 0 Å². The van der Waals surface area contributed by atoms with E-state index in [4.69, 9.17) is 18.9 Å². The molecule has 2 fully saturated rings. The summed E-state index contributed by atoms with van der Waals surface area (Å²) in [6.07, 6.45) is 6.04. The van der Waals surface area contributed by atoms with Crippen molar-refractivity contribution >= 4 is 5.78 Å². The number of carbonyl (C=O) groups is 1. The van der Waals surface area contributed by atoms with Crippen LogP contribution in [-0.2, 0) is 23.7 Å². The van der Waals surface area contributed by atoms with Gasteiger partial charge in [0.25, 0.3) is 0 Å². The van der Waals surface area contributed by atoms with Crippen LogP contribution in [0.1, 0.15) is 53.9 Å². The molecule has 3 aliphatic rings. The molecule has 5 nitrogen and oxygen atoms in total. The Morgan fingerprint density at radius 2 is 2.00 bits per heavy atom. The molecule has 0 amide bonds. The summed E-state index contributed by atoms with van der Waals surface area (Å²) >= 11 is 0. The van der Waals surface area contributed by atoms with Crippen molar-refractivity contribution in [1.29, 1.82) is 0 Å². The zero-order valence-corrected chi connectivity index (χ0v) is 18.2. The lowest BCUT2D eigenvalue weighted by molar-refractivity contribution is -0.161. The number of rotatable bonds is 5. The van der Waals surface area contributed by atoms with Crippen LogP contribution >= 0.6 is 0 Å². The molecule has 1 saturated carbocycles. The van der Waals surface area contributed by atoms with Crippen LogP contribution in [0, 0.1) is 23.2 Å².